The second-order valence-corrected chi connectivity index (χ2v) is 6.14. The standard InChI is InChI=1S/C16H16N2O3S/c1-10-7-14(22-9-10)15(19)17-11-3-4-13-12(8-11)16(20)18(2)5-6-21-13/h3-4,7-9H,5-6H2,1-2H3,(H,17,19). The van der Waals surface area contributed by atoms with Gasteiger partial charge < -0.3 is 15.0 Å². The molecule has 1 aromatic heterocycles. The number of nitrogens with zero attached hydrogens (tertiary/aromatic N) is 1. The number of carbonyl (C=O) groups is 2. The maximum atomic E-state index is 12.3. The van der Waals surface area contributed by atoms with E-state index in [1.807, 2.05) is 18.4 Å². The van der Waals surface area contributed by atoms with Crippen molar-refractivity contribution < 1.29 is 14.3 Å². The van der Waals surface area contributed by atoms with Crippen LogP contribution in [0.4, 0.5) is 5.69 Å². The topological polar surface area (TPSA) is 58.6 Å². The zero-order valence-electron chi connectivity index (χ0n) is 12.4. The molecule has 0 radical (unpaired) electrons. The van der Waals surface area contributed by atoms with Crippen LogP contribution in [0.3, 0.4) is 0 Å². The number of ether oxygens (including phenoxy) is 1. The van der Waals surface area contributed by atoms with E-state index < -0.39 is 0 Å². The molecule has 5 nitrogen and oxygen atoms in total. The van der Waals surface area contributed by atoms with Gasteiger partial charge in [-0.2, -0.15) is 0 Å². The van der Waals surface area contributed by atoms with Crippen LogP contribution in [-0.4, -0.2) is 36.9 Å². The fourth-order valence-electron chi connectivity index (χ4n) is 2.24. The number of likely N-dealkylation sites (N-methyl/N-ethyl adjacent to an activating group) is 1. The number of benzene rings is 1. The number of nitrogens with one attached hydrogen (secondary N) is 1. The third-order valence-corrected chi connectivity index (χ3v) is 4.50. The minimum atomic E-state index is -0.173. The lowest BCUT2D eigenvalue weighted by atomic mass is 10.1. The van der Waals surface area contributed by atoms with Gasteiger partial charge in [-0.3, -0.25) is 9.59 Å². The molecule has 0 saturated carbocycles. The molecular weight excluding hydrogens is 300 g/mol. The molecule has 0 unspecified atom stereocenters. The predicted octanol–water partition coefficient (Wildman–Crippen LogP) is 2.77. The summed E-state index contributed by atoms with van der Waals surface area (Å²) in [6.07, 6.45) is 0. The summed E-state index contributed by atoms with van der Waals surface area (Å²) in [5.41, 5.74) is 2.12. The van der Waals surface area contributed by atoms with E-state index >= 15 is 0 Å². The van der Waals surface area contributed by atoms with Crippen molar-refractivity contribution in [3.8, 4) is 5.75 Å². The minimum Gasteiger partial charge on any atom is -0.491 e. The summed E-state index contributed by atoms with van der Waals surface area (Å²) in [6, 6.07) is 6.97. The van der Waals surface area contributed by atoms with Gasteiger partial charge in [-0.15, -0.1) is 11.3 Å². The Labute approximate surface area is 132 Å². The van der Waals surface area contributed by atoms with Crippen molar-refractivity contribution in [1.29, 1.82) is 0 Å². The third-order valence-electron chi connectivity index (χ3n) is 3.45. The van der Waals surface area contributed by atoms with Gasteiger partial charge in [-0.25, -0.2) is 0 Å². The lowest BCUT2D eigenvalue weighted by Crippen LogP contribution is -2.27. The third kappa shape index (κ3) is 2.82. The summed E-state index contributed by atoms with van der Waals surface area (Å²) in [5, 5.41) is 4.75. The van der Waals surface area contributed by atoms with Gasteiger partial charge in [0.2, 0.25) is 0 Å². The monoisotopic (exact) mass is 316 g/mol. The Balaban J connectivity index is 1.85. The fraction of sp³-hybridized carbons (Fsp3) is 0.250. The van der Waals surface area contributed by atoms with E-state index in [0.717, 1.165) is 5.56 Å². The first-order valence-electron chi connectivity index (χ1n) is 6.93. The summed E-state index contributed by atoms with van der Waals surface area (Å²) in [4.78, 5) is 26.7. The highest BCUT2D eigenvalue weighted by atomic mass is 32.1. The van der Waals surface area contributed by atoms with E-state index in [0.29, 0.717) is 35.0 Å². The molecule has 6 heteroatoms. The zero-order valence-corrected chi connectivity index (χ0v) is 13.2. The minimum absolute atomic E-state index is 0.101. The number of fused-ring (bicyclic) bond motifs is 1. The molecule has 114 valence electrons. The number of anilines is 1. The highest BCUT2D eigenvalue weighted by Gasteiger charge is 2.21. The predicted molar refractivity (Wildman–Crippen MR) is 85.9 cm³/mol. The highest BCUT2D eigenvalue weighted by molar-refractivity contribution is 7.12. The molecule has 1 N–H and O–H groups in total. The van der Waals surface area contributed by atoms with Gasteiger partial charge in [-0.05, 0) is 42.1 Å². The molecule has 0 saturated heterocycles. The Hall–Kier alpha value is -2.34. The first-order valence-corrected chi connectivity index (χ1v) is 7.81. The molecule has 0 spiro atoms. The van der Waals surface area contributed by atoms with Crippen LogP contribution in [0.1, 0.15) is 25.6 Å². The first kappa shape index (κ1) is 14.6. The van der Waals surface area contributed by atoms with Gasteiger partial charge in [0, 0.05) is 12.7 Å². The van der Waals surface area contributed by atoms with Crippen LogP contribution in [0.15, 0.2) is 29.6 Å². The Bertz CT molecular complexity index is 739. The SMILES string of the molecule is Cc1csc(C(=O)Nc2ccc3c(c2)C(=O)N(C)CCO3)c1. The zero-order chi connectivity index (χ0) is 15.7. The Kier molecular flexibility index (Phi) is 3.85. The number of carbonyl (C=O) groups excluding carboxylic acids is 2. The Morgan fingerprint density at radius 2 is 2.18 bits per heavy atom. The fourth-order valence-corrected chi connectivity index (χ4v) is 3.04. The highest BCUT2D eigenvalue weighted by Crippen LogP contribution is 2.26. The van der Waals surface area contributed by atoms with Crippen molar-refractivity contribution in [3.63, 3.8) is 0 Å². The van der Waals surface area contributed by atoms with Crippen molar-refractivity contribution in [2.24, 2.45) is 0 Å². The van der Waals surface area contributed by atoms with Crippen molar-refractivity contribution in [3.05, 3.63) is 45.6 Å². The van der Waals surface area contributed by atoms with E-state index in [9.17, 15) is 9.59 Å². The molecule has 2 aromatic rings. The average Bonchev–Trinajstić information content (AvgIpc) is 2.88. The Morgan fingerprint density at radius 3 is 2.91 bits per heavy atom. The summed E-state index contributed by atoms with van der Waals surface area (Å²) in [5.74, 6) is 0.281. The molecule has 0 bridgehead atoms. The number of hydrogen-bond donors (Lipinski definition) is 1. The molecule has 0 aliphatic carbocycles. The van der Waals surface area contributed by atoms with Gasteiger partial charge in [-0.1, -0.05) is 0 Å². The van der Waals surface area contributed by atoms with Crippen molar-refractivity contribution in [2.45, 2.75) is 6.92 Å². The summed E-state index contributed by atoms with van der Waals surface area (Å²) in [6.45, 7) is 2.96. The van der Waals surface area contributed by atoms with Crippen molar-refractivity contribution in [1.82, 2.24) is 4.90 Å². The van der Waals surface area contributed by atoms with Crippen LogP contribution in [0.2, 0.25) is 0 Å². The molecule has 22 heavy (non-hydrogen) atoms. The van der Waals surface area contributed by atoms with Crippen LogP contribution >= 0.6 is 11.3 Å². The van der Waals surface area contributed by atoms with Crippen molar-refractivity contribution in [2.75, 3.05) is 25.5 Å². The summed E-state index contributed by atoms with van der Waals surface area (Å²) >= 11 is 1.40. The number of amides is 2. The van der Waals surface area contributed by atoms with Crippen molar-refractivity contribution >= 4 is 28.8 Å². The summed E-state index contributed by atoms with van der Waals surface area (Å²) < 4.78 is 5.56. The van der Waals surface area contributed by atoms with Crippen LogP contribution in [0.25, 0.3) is 0 Å². The average molecular weight is 316 g/mol. The molecule has 1 aromatic carbocycles. The van der Waals surface area contributed by atoms with Gasteiger partial charge in [0.25, 0.3) is 11.8 Å². The maximum absolute atomic E-state index is 12.3. The van der Waals surface area contributed by atoms with E-state index in [-0.39, 0.29) is 11.8 Å². The molecule has 2 heterocycles. The smallest absolute Gasteiger partial charge is 0.265 e. The molecule has 0 atom stereocenters. The van der Waals surface area contributed by atoms with Crippen LogP contribution < -0.4 is 10.1 Å². The molecule has 1 aliphatic rings. The van der Waals surface area contributed by atoms with Crippen LogP contribution in [0, 0.1) is 6.92 Å². The number of hydrogen-bond acceptors (Lipinski definition) is 4. The summed E-state index contributed by atoms with van der Waals surface area (Å²) in [7, 11) is 1.74. The second kappa shape index (κ2) is 5.81. The van der Waals surface area contributed by atoms with E-state index in [1.165, 1.54) is 11.3 Å². The molecule has 1 aliphatic heterocycles. The van der Waals surface area contributed by atoms with Gasteiger partial charge in [0.05, 0.1) is 17.0 Å². The molecule has 0 fully saturated rings. The van der Waals surface area contributed by atoms with E-state index in [4.69, 9.17) is 4.74 Å². The van der Waals surface area contributed by atoms with E-state index in [1.54, 1.807) is 30.1 Å². The largest absolute Gasteiger partial charge is 0.491 e. The van der Waals surface area contributed by atoms with Crippen LogP contribution in [-0.2, 0) is 0 Å². The normalized spacial score (nSPS) is 14.1. The van der Waals surface area contributed by atoms with Gasteiger partial charge >= 0.3 is 0 Å². The first-order chi connectivity index (χ1) is 10.5. The van der Waals surface area contributed by atoms with Gasteiger partial charge in [0.1, 0.15) is 12.4 Å². The molecule has 2 amide bonds. The van der Waals surface area contributed by atoms with Crippen LogP contribution in [0.5, 0.6) is 5.75 Å². The quantitative estimate of drug-likeness (QED) is 0.927. The van der Waals surface area contributed by atoms with E-state index in [2.05, 4.69) is 5.32 Å². The lowest BCUT2D eigenvalue weighted by molar-refractivity contribution is 0.0796. The Morgan fingerprint density at radius 1 is 1.36 bits per heavy atom. The number of aryl methyl sites for hydroxylation is 1. The lowest BCUT2D eigenvalue weighted by Gasteiger charge is -2.13. The second-order valence-electron chi connectivity index (χ2n) is 5.23. The number of thiophene rings is 1. The molecular formula is C16H16N2O3S. The molecule has 3 rings (SSSR count). The van der Waals surface area contributed by atoms with Gasteiger partial charge in [0.15, 0.2) is 0 Å². The number of rotatable bonds is 2. The maximum Gasteiger partial charge on any atom is 0.265 e.